The Hall–Kier alpha value is -0.820. The number of rotatable bonds is 2. The fourth-order valence-corrected chi connectivity index (χ4v) is 2.64. The average molecular weight is 209 g/mol. The monoisotopic (exact) mass is 208 g/mol. The third-order valence-corrected chi connectivity index (χ3v) is 3.26. The van der Waals surface area contributed by atoms with Crippen LogP contribution < -0.4 is 0 Å². The van der Waals surface area contributed by atoms with Gasteiger partial charge in [-0.2, -0.15) is 0 Å². The van der Waals surface area contributed by atoms with Crippen LogP contribution in [0, 0.1) is 0 Å². The SMILES string of the molecule is O=CCC1CCCc2cccc(Cl)c21. The Morgan fingerprint density at radius 2 is 2.36 bits per heavy atom. The number of hydrogen-bond donors (Lipinski definition) is 0. The zero-order chi connectivity index (χ0) is 9.97. The third-order valence-electron chi connectivity index (χ3n) is 2.93. The van der Waals surface area contributed by atoms with Crippen LogP contribution in [0.5, 0.6) is 0 Å². The molecule has 1 aliphatic rings. The van der Waals surface area contributed by atoms with Crippen LogP contribution in [0.2, 0.25) is 5.02 Å². The Balaban J connectivity index is 2.41. The molecule has 1 atom stereocenters. The largest absolute Gasteiger partial charge is 0.303 e. The number of fused-ring (bicyclic) bond motifs is 1. The van der Waals surface area contributed by atoms with E-state index in [9.17, 15) is 4.79 Å². The van der Waals surface area contributed by atoms with E-state index in [2.05, 4.69) is 6.07 Å². The number of aryl methyl sites for hydroxylation is 1. The summed E-state index contributed by atoms with van der Waals surface area (Å²) in [4.78, 5) is 10.6. The lowest BCUT2D eigenvalue weighted by molar-refractivity contribution is -0.108. The van der Waals surface area contributed by atoms with Crippen LogP contribution >= 0.6 is 11.6 Å². The molecule has 1 unspecified atom stereocenters. The zero-order valence-corrected chi connectivity index (χ0v) is 8.76. The molecule has 0 N–H and O–H groups in total. The Kier molecular flexibility index (Phi) is 2.87. The molecule has 0 radical (unpaired) electrons. The van der Waals surface area contributed by atoms with Crippen molar-refractivity contribution in [1.29, 1.82) is 0 Å². The number of carbonyl (C=O) groups excluding carboxylic acids is 1. The molecule has 0 saturated carbocycles. The topological polar surface area (TPSA) is 17.1 Å². The molecule has 2 rings (SSSR count). The van der Waals surface area contributed by atoms with Crippen molar-refractivity contribution in [3.8, 4) is 0 Å². The molecule has 0 aromatic heterocycles. The van der Waals surface area contributed by atoms with E-state index in [0.717, 1.165) is 24.2 Å². The van der Waals surface area contributed by atoms with Crippen molar-refractivity contribution in [3.63, 3.8) is 0 Å². The molecule has 1 aromatic carbocycles. The van der Waals surface area contributed by atoms with E-state index in [1.54, 1.807) is 0 Å². The first-order valence-electron chi connectivity index (χ1n) is 5.04. The summed E-state index contributed by atoms with van der Waals surface area (Å²) >= 11 is 6.16. The standard InChI is InChI=1S/C12H13ClO/c13-11-6-2-5-9-3-1-4-10(7-8-14)12(9)11/h2,5-6,8,10H,1,3-4,7H2. The molecule has 0 aliphatic heterocycles. The lowest BCUT2D eigenvalue weighted by Gasteiger charge is -2.24. The Bertz CT molecular complexity index is 346. The third kappa shape index (κ3) is 1.69. The highest BCUT2D eigenvalue weighted by Crippen LogP contribution is 2.37. The number of hydrogen-bond acceptors (Lipinski definition) is 1. The van der Waals surface area contributed by atoms with Crippen molar-refractivity contribution in [2.75, 3.05) is 0 Å². The van der Waals surface area contributed by atoms with Crippen LogP contribution in [-0.2, 0) is 11.2 Å². The summed E-state index contributed by atoms with van der Waals surface area (Å²) in [5.41, 5.74) is 2.54. The van der Waals surface area contributed by atoms with Gasteiger partial charge in [-0.15, -0.1) is 0 Å². The van der Waals surface area contributed by atoms with E-state index in [1.807, 2.05) is 12.1 Å². The Labute approximate surface area is 89.1 Å². The van der Waals surface area contributed by atoms with Gasteiger partial charge in [-0.05, 0) is 42.4 Å². The van der Waals surface area contributed by atoms with Gasteiger partial charge in [0.15, 0.2) is 0 Å². The van der Waals surface area contributed by atoms with E-state index in [-0.39, 0.29) is 0 Å². The van der Waals surface area contributed by atoms with Crippen molar-refractivity contribution >= 4 is 17.9 Å². The maximum Gasteiger partial charge on any atom is 0.120 e. The fourth-order valence-electron chi connectivity index (χ4n) is 2.29. The summed E-state index contributed by atoms with van der Waals surface area (Å²) in [5.74, 6) is 0.352. The van der Waals surface area contributed by atoms with Crippen molar-refractivity contribution in [1.82, 2.24) is 0 Å². The van der Waals surface area contributed by atoms with Crippen molar-refractivity contribution in [3.05, 3.63) is 34.3 Å². The number of aldehydes is 1. The molecule has 1 aromatic rings. The van der Waals surface area contributed by atoms with Gasteiger partial charge in [-0.25, -0.2) is 0 Å². The van der Waals surface area contributed by atoms with Gasteiger partial charge in [0.2, 0.25) is 0 Å². The Morgan fingerprint density at radius 1 is 1.50 bits per heavy atom. The van der Waals surface area contributed by atoms with E-state index >= 15 is 0 Å². The minimum absolute atomic E-state index is 0.352. The highest BCUT2D eigenvalue weighted by atomic mass is 35.5. The second kappa shape index (κ2) is 4.14. The lowest BCUT2D eigenvalue weighted by Crippen LogP contribution is -2.10. The van der Waals surface area contributed by atoms with Crippen LogP contribution in [0.25, 0.3) is 0 Å². The summed E-state index contributed by atoms with van der Waals surface area (Å²) < 4.78 is 0. The minimum atomic E-state index is 0.352. The second-order valence-corrected chi connectivity index (χ2v) is 4.21. The summed E-state index contributed by atoms with van der Waals surface area (Å²) in [6.45, 7) is 0. The zero-order valence-electron chi connectivity index (χ0n) is 8.00. The van der Waals surface area contributed by atoms with E-state index in [0.29, 0.717) is 12.3 Å². The molecular weight excluding hydrogens is 196 g/mol. The predicted molar refractivity (Wildman–Crippen MR) is 57.8 cm³/mol. The van der Waals surface area contributed by atoms with Crippen LogP contribution in [0.1, 0.15) is 36.3 Å². The number of benzene rings is 1. The summed E-state index contributed by atoms with van der Waals surface area (Å²) in [7, 11) is 0. The molecule has 74 valence electrons. The number of carbonyl (C=O) groups is 1. The molecule has 1 nitrogen and oxygen atoms in total. The summed E-state index contributed by atoms with van der Waals surface area (Å²) in [6, 6.07) is 6.03. The molecule has 0 bridgehead atoms. The molecule has 0 saturated heterocycles. The number of halogens is 1. The molecule has 0 spiro atoms. The fraction of sp³-hybridized carbons (Fsp3) is 0.417. The van der Waals surface area contributed by atoms with Gasteiger partial charge >= 0.3 is 0 Å². The molecule has 2 heteroatoms. The van der Waals surface area contributed by atoms with Gasteiger partial charge in [-0.3, -0.25) is 0 Å². The first kappa shape index (κ1) is 9.72. The molecule has 0 heterocycles. The highest BCUT2D eigenvalue weighted by molar-refractivity contribution is 6.31. The summed E-state index contributed by atoms with van der Waals surface area (Å²) in [6.07, 6.45) is 4.98. The molecular formula is C12H13ClO. The van der Waals surface area contributed by atoms with Crippen molar-refractivity contribution in [2.24, 2.45) is 0 Å². The lowest BCUT2D eigenvalue weighted by atomic mass is 9.81. The van der Waals surface area contributed by atoms with E-state index in [1.165, 1.54) is 17.5 Å². The van der Waals surface area contributed by atoms with Gasteiger partial charge in [0, 0.05) is 11.4 Å². The minimum Gasteiger partial charge on any atom is -0.303 e. The smallest absolute Gasteiger partial charge is 0.120 e. The van der Waals surface area contributed by atoms with Gasteiger partial charge in [0.05, 0.1) is 0 Å². The molecule has 1 aliphatic carbocycles. The van der Waals surface area contributed by atoms with Gasteiger partial charge < -0.3 is 4.79 Å². The molecule has 14 heavy (non-hydrogen) atoms. The second-order valence-electron chi connectivity index (χ2n) is 3.80. The normalized spacial score (nSPS) is 20.2. The highest BCUT2D eigenvalue weighted by Gasteiger charge is 2.21. The van der Waals surface area contributed by atoms with Crippen LogP contribution in [0.15, 0.2) is 18.2 Å². The van der Waals surface area contributed by atoms with Gasteiger partial charge in [0.1, 0.15) is 6.29 Å². The quantitative estimate of drug-likeness (QED) is 0.682. The first-order chi connectivity index (χ1) is 6.83. The van der Waals surface area contributed by atoms with Crippen molar-refractivity contribution in [2.45, 2.75) is 31.6 Å². The van der Waals surface area contributed by atoms with Crippen LogP contribution in [0.4, 0.5) is 0 Å². The first-order valence-corrected chi connectivity index (χ1v) is 5.41. The molecule has 0 fully saturated rings. The van der Waals surface area contributed by atoms with Gasteiger partial charge in [0.25, 0.3) is 0 Å². The van der Waals surface area contributed by atoms with Gasteiger partial charge in [-0.1, -0.05) is 23.7 Å². The van der Waals surface area contributed by atoms with E-state index in [4.69, 9.17) is 11.6 Å². The maximum atomic E-state index is 10.6. The van der Waals surface area contributed by atoms with Crippen molar-refractivity contribution < 1.29 is 4.79 Å². The van der Waals surface area contributed by atoms with Crippen LogP contribution in [-0.4, -0.2) is 6.29 Å². The molecule has 0 amide bonds. The Morgan fingerprint density at radius 3 is 3.14 bits per heavy atom. The average Bonchev–Trinajstić information content (AvgIpc) is 2.19. The predicted octanol–water partition coefficient (Wildman–Crippen LogP) is 3.35. The summed E-state index contributed by atoms with van der Waals surface area (Å²) in [5, 5.41) is 0.828. The van der Waals surface area contributed by atoms with Crippen LogP contribution in [0.3, 0.4) is 0 Å². The van der Waals surface area contributed by atoms with E-state index < -0.39 is 0 Å². The maximum absolute atomic E-state index is 10.6.